The van der Waals surface area contributed by atoms with Gasteiger partial charge in [0.2, 0.25) is 0 Å². The van der Waals surface area contributed by atoms with Crippen molar-refractivity contribution in [1.82, 2.24) is 5.32 Å². The maximum absolute atomic E-state index is 11.8. The van der Waals surface area contributed by atoms with Crippen molar-refractivity contribution < 1.29 is 9.53 Å². The van der Waals surface area contributed by atoms with E-state index in [1.165, 1.54) is 0 Å². The van der Waals surface area contributed by atoms with Crippen molar-refractivity contribution in [3.8, 4) is 5.75 Å². The quantitative estimate of drug-likeness (QED) is 0.896. The van der Waals surface area contributed by atoms with Crippen molar-refractivity contribution >= 4 is 21.8 Å². The van der Waals surface area contributed by atoms with Crippen molar-refractivity contribution in [2.45, 2.75) is 31.9 Å². The highest BCUT2D eigenvalue weighted by molar-refractivity contribution is 9.10. The van der Waals surface area contributed by atoms with Gasteiger partial charge in [-0.25, -0.2) is 0 Å². The number of amides is 1. The van der Waals surface area contributed by atoms with Crippen LogP contribution in [0.2, 0.25) is 0 Å². The molecule has 1 aromatic rings. The van der Waals surface area contributed by atoms with E-state index >= 15 is 0 Å². The van der Waals surface area contributed by atoms with Gasteiger partial charge >= 0.3 is 0 Å². The molecule has 0 spiro atoms. The van der Waals surface area contributed by atoms with Gasteiger partial charge in [-0.05, 0) is 52.9 Å². The average molecular weight is 313 g/mol. The first-order chi connectivity index (χ1) is 8.70. The number of rotatable bonds is 3. The first-order valence-corrected chi connectivity index (χ1v) is 6.93. The SMILES string of the molecule is NCc1ccc(OC2CCCCNC2=O)c(Br)c1. The summed E-state index contributed by atoms with van der Waals surface area (Å²) in [5.74, 6) is 0.663. The second-order valence-corrected chi connectivity index (χ2v) is 5.22. The first kappa shape index (κ1) is 13.4. The van der Waals surface area contributed by atoms with E-state index in [-0.39, 0.29) is 5.91 Å². The molecule has 0 bridgehead atoms. The average Bonchev–Trinajstić information content (AvgIpc) is 2.57. The van der Waals surface area contributed by atoms with Gasteiger partial charge in [0.1, 0.15) is 5.75 Å². The number of ether oxygens (including phenoxy) is 1. The molecule has 0 aliphatic carbocycles. The number of halogens is 1. The van der Waals surface area contributed by atoms with Crippen LogP contribution in [0.15, 0.2) is 22.7 Å². The number of nitrogens with two attached hydrogens (primary N) is 1. The van der Waals surface area contributed by atoms with Gasteiger partial charge in [0, 0.05) is 13.1 Å². The monoisotopic (exact) mass is 312 g/mol. The third kappa shape index (κ3) is 3.23. The lowest BCUT2D eigenvalue weighted by Gasteiger charge is -2.17. The molecule has 1 amide bonds. The zero-order valence-corrected chi connectivity index (χ0v) is 11.7. The molecule has 5 heteroatoms. The Morgan fingerprint density at radius 2 is 2.28 bits per heavy atom. The highest BCUT2D eigenvalue weighted by atomic mass is 79.9. The van der Waals surface area contributed by atoms with Crippen LogP contribution in [-0.4, -0.2) is 18.6 Å². The van der Waals surface area contributed by atoms with Crippen molar-refractivity contribution in [2.75, 3.05) is 6.54 Å². The topological polar surface area (TPSA) is 64.3 Å². The molecule has 1 fully saturated rings. The van der Waals surface area contributed by atoms with Gasteiger partial charge in [0.05, 0.1) is 4.47 Å². The summed E-state index contributed by atoms with van der Waals surface area (Å²) in [6.45, 7) is 1.23. The summed E-state index contributed by atoms with van der Waals surface area (Å²) in [6, 6.07) is 5.68. The number of carbonyl (C=O) groups excluding carboxylic acids is 1. The lowest BCUT2D eigenvalue weighted by atomic mass is 10.1. The lowest BCUT2D eigenvalue weighted by Crippen LogP contribution is -2.36. The minimum atomic E-state index is -0.396. The molecule has 0 aromatic heterocycles. The minimum Gasteiger partial charge on any atom is -0.479 e. The lowest BCUT2D eigenvalue weighted by molar-refractivity contribution is -0.127. The van der Waals surface area contributed by atoms with Crippen molar-refractivity contribution in [2.24, 2.45) is 5.73 Å². The van der Waals surface area contributed by atoms with Crippen LogP contribution < -0.4 is 15.8 Å². The number of hydrogen-bond acceptors (Lipinski definition) is 3. The van der Waals surface area contributed by atoms with E-state index in [4.69, 9.17) is 10.5 Å². The van der Waals surface area contributed by atoms with E-state index < -0.39 is 6.10 Å². The molecule has 0 saturated carbocycles. The summed E-state index contributed by atoms with van der Waals surface area (Å²) in [6.07, 6.45) is 2.38. The molecule has 1 aliphatic heterocycles. The molecule has 1 aliphatic rings. The van der Waals surface area contributed by atoms with Crippen LogP contribution in [0.3, 0.4) is 0 Å². The van der Waals surface area contributed by atoms with Crippen molar-refractivity contribution in [3.05, 3.63) is 28.2 Å². The van der Waals surface area contributed by atoms with Gasteiger partial charge < -0.3 is 15.8 Å². The smallest absolute Gasteiger partial charge is 0.261 e. The molecule has 1 aromatic carbocycles. The van der Waals surface area contributed by atoms with Crippen molar-refractivity contribution in [3.63, 3.8) is 0 Å². The zero-order chi connectivity index (χ0) is 13.0. The van der Waals surface area contributed by atoms with Gasteiger partial charge in [-0.1, -0.05) is 6.07 Å². The maximum atomic E-state index is 11.8. The minimum absolute atomic E-state index is 0.0256. The Labute approximate surface area is 115 Å². The predicted molar refractivity (Wildman–Crippen MR) is 73.3 cm³/mol. The highest BCUT2D eigenvalue weighted by Gasteiger charge is 2.22. The fourth-order valence-electron chi connectivity index (χ4n) is 1.94. The highest BCUT2D eigenvalue weighted by Crippen LogP contribution is 2.28. The zero-order valence-electron chi connectivity index (χ0n) is 10.1. The Balaban J connectivity index is 2.10. The molecule has 4 nitrogen and oxygen atoms in total. The Morgan fingerprint density at radius 1 is 1.44 bits per heavy atom. The molecule has 2 rings (SSSR count). The van der Waals surface area contributed by atoms with Crippen LogP contribution in [-0.2, 0) is 11.3 Å². The number of benzene rings is 1. The standard InChI is InChI=1S/C13H17BrN2O2/c14-10-7-9(8-15)4-5-11(10)18-12-3-1-2-6-16-13(12)17/h4-5,7,12H,1-3,6,8,15H2,(H,16,17). The Morgan fingerprint density at radius 3 is 3.00 bits per heavy atom. The van der Waals surface area contributed by atoms with E-state index in [1.54, 1.807) is 0 Å². The third-order valence-corrected chi connectivity index (χ3v) is 3.61. The molecular weight excluding hydrogens is 296 g/mol. The van der Waals surface area contributed by atoms with Crippen LogP contribution in [0.4, 0.5) is 0 Å². The molecule has 1 saturated heterocycles. The molecule has 3 N–H and O–H groups in total. The van der Waals surface area contributed by atoms with E-state index in [0.29, 0.717) is 12.3 Å². The van der Waals surface area contributed by atoms with Crippen LogP contribution in [0.5, 0.6) is 5.75 Å². The van der Waals surface area contributed by atoms with Crippen molar-refractivity contribution in [1.29, 1.82) is 0 Å². The molecule has 98 valence electrons. The molecule has 1 unspecified atom stereocenters. The molecule has 18 heavy (non-hydrogen) atoms. The van der Waals surface area contributed by atoms with Gasteiger partial charge in [-0.2, -0.15) is 0 Å². The fraction of sp³-hybridized carbons (Fsp3) is 0.462. The molecule has 1 atom stereocenters. The molecular formula is C13H17BrN2O2. The normalized spacial score (nSPS) is 20.1. The van der Waals surface area contributed by atoms with Crippen LogP contribution >= 0.6 is 15.9 Å². The summed E-state index contributed by atoms with van der Waals surface area (Å²) in [5.41, 5.74) is 6.60. The largest absolute Gasteiger partial charge is 0.479 e. The summed E-state index contributed by atoms with van der Waals surface area (Å²) in [7, 11) is 0. The van der Waals surface area contributed by atoms with Gasteiger partial charge in [-0.15, -0.1) is 0 Å². The molecule has 0 radical (unpaired) electrons. The van der Waals surface area contributed by atoms with E-state index in [0.717, 1.165) is 35.8 Å². The Hall–Kier alpha value is -1.07. The van der Waals surface area contributed by atoms with E-state index in [1.807, 2.05) is 18.2 Å². The van der Waals surface area contributed by atoms with Crippen LogP contribution in [0.25, 0.3) is 0 Å². The van der Waals surface area contributed by atoms with E-state index in [2.05, 4.69) is 21.2 Å². The Kier molecular flexibility index (Phi) is 4.60. The second kappa shape index (κ2) is 6.20. The summed E-state index contributed by atoms with van der Waals surface area (Å²) < 4.78 is 6.61. The van der Waals surface area contributed by atoms with E-state index in [9.17, 15) is 4.79 Å². The maximum Gasteiger partial charge on any atom is 0.261 e. The number of carbonyl (C=O) groups is 1. The van der Waals surface area contributed by atoms with Crippen LogP contribution in [0, 0.1) is 0 Å². The fourth-order valence-corrected chi connectivity index (χ4v) is 2.46. The molecule has 1 heterocycles. The predicted octanol–water partition coefficient (Wildman–Crippen LogP) is 1.96. The Bertz CT molecular complexity index is 437. The van der Waals surface area contributed by atoms with Gasteiger partial charge in [-0.3, -0.25) is 4.79 Å². The summed E-state index contributed by atoms with van der Waals surface area (Å²) in [4.78, 5) is 11.8. The summed E-state index contributed by atoms with van der Waals surface area (Å²) in [5, 5.41) is 2.86. The summed E-state index contributed by atoms with van der Waals surface area (Å²) >= 11 is 3.44. The first-order valence-electron chi connectivity index (χ1n) is 6.13. The van der Waals surface area contributed by atoms with Gasteiger partial charge in [0.15, 0.2) is 6.10 Å². The second-order valence-electron chi connectivity index (χ2n) is 4.36. The third-order valence-electron chi connectivity index (χ3n) is 2.99. The van der Waals surface area contributed by atoms with Crippen LogP contribution in [0.1, 0.15) is 24.8 Å². The number of hydrogen-bond donors (Lipinski definition) is 2. The van der Waals surface area contributed by atoms with Gasteiger partial charge in [0.25, 0.3) is 5.91 Å². The number of nitrogens with one attached hydrogen (secondary N) is 1.